The lowest BCUT2D eigenvalue weighted by Gasteiger charge is -2.07. The molecule has 0 aliphatic rings. The van der Waals surface area contributed by atoms with Crippen molar-refractivity contribution in [1.82, 2.24) is 4.98 Å². The molecule has 0 aliphatic carbocycles. The van der Waals surface area contributed by atoms with Crippen LogP contribution in [0, 0.1) is 13.8 Å². The molecule has 0 saturated heterocycles. The van der Waals surface area contributed by atoms with E-state index in [1.54, 1.807) is 12.1 Å². The molecule has 0 amide bonds. The summed E-state index contributed by atoms with van der Waals surface area (Å²) in [5.41, 5.74) is 2.93. The molecule has 3 nitrogen and oxygen atoms in total. The van der Waals surface area contributed by atoms with Gasteiger partial charge in [-0.05, 0) is 45.0 Å². The van der Waals surface area contributed by atoms with E-state index in [1.807, 2.05) is 45.0 Å². The maximum Gasteiger partial charge on any atom is 0.194 e. The third kappa shape index (κ3) is 2.99. The van der Waals surface area contributed by atoms with Crippen molar-refractivity contribution in [3.05, 3.63) is 58.9 Å². The van der Waals surface area contributed by atoms with Gasteiger partial charge in [0.2, 0.25) is 0 Å². The molecule has 2 rings (SSSR count). The lowest BCUT2D eigenvalue weighted by molar-refractivity contribution is 0.103. The molecule has 0 aliphatic heterocycles. The molecule has 0 unspecified atom stereocenters. The first-order valence-corrected chi connectivity index (χ1v) is 6.33. The van der Waals surface area contributed by atoms with Gasteiger partial charge in [0.25, 0.3) is 0 Å². The Morgan fingerprint density at radius 2 is 2.00 bits per heavy atom. The molecule has 0 bridgehead atoms. The van der Waals surface area contributed by atoms with E-state index in [4.69, 9.17) is 4.74 Å². The number of hydrogen-bond acceptors (Lipinski definition) is 3. The summed E-state index contributed by atoms with van der Waals surface area (Å²) in [7, 11) is 0. The van der Waals surface area contributed by atoms with Crippen LogP contribution < -0.4 is 4.74 Å². The number of rotatable bonds is 4. The average molecular weight is 255 g/mol. The normalized spacial score (nSPS) is 10.3. The Balaban J connectivity index is 2.35. The zero-order chi connectivity index (χ0) is 13.8. The molecule has 0 N–H and O–H groups in total. The second-order valence-corrected chi connectivity index (χ2v) is 4.38. The maximum atomic E-state index is 12.4. The second-order valence-electron chi connectivity index (χ2n) is 4.38. The summed E-state index contributed by atoms with van der Waals surface area (Å²) in [6.07, 6.45) is 0. The van der Waals surface area contributed by atoms with Crippen molar-refractivity contribution in [3.63, 3.8) is 0 Å². The molecule has 1 heterocycles. The van der Waals surface area contributed by atoms with Gasteiger partial charge in [-0.1, -0.05) is 12.1 Å². The average Bonchev–Trinajstić information content (AvgIpc) is 2.39. The summed E-state index contributed by atoms with van der Waals surface area (Å²) >= 11 is 0. The fraction of sp³-hybridized carbons (Fsp3) is 0.250. The highest BCUT2D eigenvalue weighted by molar-refractivity contribution is 6.09. The van der Waals surface area contributed by atoms with Gasteiger partial charge in [-0.2, -0.15) is 0 Å². The number of aromatic nitrogens is 1. The van der Waals surface area contributed by atoms with Crippen LogP contribution in [0.5, 0.6) is 5.75 Å². The first-order valence-electron chi connectivity index (χ1n) is 6.33. The standard InChI is InChI=1S/C16H17NO2/c1-4-19-14-7-5-6-13(10-14)16(18)15-9-8-11(2)17-12(15)3/h5-10H,4H2,1-3H3. The quantitative estimate of drug-likeness (QED) is 0.787. The first kappa shape index (κ1) is 13.3. The molecule has 0 atom stereocenters. The summed E-state index contributed by atoms with van der Waals surface area (Å²) in [5.74, 6) is 0.692. The predicted octanol–water partition coefficient (Wildman–Crippen LogP) is 3.33. The van der Waals surface area contributed by atoms with E-state index in [0.717, 1.165) is 11.4 Å². The Morgan fingerprint density at radius 3 is 2.68 bits per heavy atom. The Labute approximate surface area is 113 Å². The van der Waals surface area contributed by atoms with Crippen molar-refractivity contribution in [2.24, 2.45) is 0 Å². The van der Waals surface area contributed by atoms with Crippen molar-refractivity contribution in [3.8, 4) is 5.75 Å². The second kappa shape index (κ2) is 5.65. The molecule has 3 heteroatoms. The van der Waals surface area contributed by atoms with Gasteiger partial charge < -0.3 is 4.74 Å². The van der Waals surface area contributed by atoms with Gasteiger partial charge in [-0.25, -0.2) is 0 Å². The van der Waals surface area contributed by atoms with Crippen LogP contribution in [0.25, 0.3) is 0 Å². The lowest BCUT2D eigenvalue weighted by atomic mass is 10.0. The number of carbonyl (C=O) groups excluding carboxylic acids is 1. The van der Waals surface area contributed by atoms with Crippen LogP contribution in [0.3, 0.4) is 0 Å². The summed E-state index contributed by atoms with van der Waals surface area (Å²) in [4.78, 5) is 16.8. The van der Waals surface area contributed by atoms with Crippen LogP contribution in [0.15, 0.2) is 36.4 Å². The number of carbonyl (C=O) groups is 1. The number of benzene rings is 1. The Morgan fingerprint density at radius 1 is 1.21 bits per heavy atom. The molecule has 2 aromatic rings. The number of pyridine rings is 1. The van der Waals surface area contributed by atoms with Crippen LogP contribution in [0.4, 0.5) is 0 Å². The molecule has 19 heavy (non-hydrogen) atoms. The fourth-order valence-corrected chi connectivity index (χ4v) is 1.98. The molecule has 0 saturated carbocycles. The molecule has 1 aromatic carbocycles. The maximum absolute atomic E-state index is 12.4. The van der Waals surface area contributed by atoms with E-state index >= 15 is 0 Å². The number of aryl methyl sites for hydroxylation is 2. The van der Waals surface area contributed by atoms with Gasteiger partial charge in [0.05, 0.1) is 6.61 Å². The Hall–Kier alpha value is -2.16. The number of ketones is 1. The fourth-order valence-electron chi connectivity index (χ4n) is 1.98. The van der Waals surface area contributed by atoms with E-state index in [9.17, 15) is 4.79 Å². The van der Waals surface area contributed by atoms with Crippen molar-refractivity contribution in [2.75, 3.05) is 6.61 Å². The van der Waals surface area contributed by atoms with Crippen LogP contribution >= 0.6 is 0 Å². The van der Waals surface area contributed by atoms with Gasteiger partial charge in [0.15, 0.2) is 5.78 Å². The molecule has 1 aromatic heterocycles. The molecular formula is C16H17NO2. The smallest absolute Gasteiger partial charge is 0.194 e. The number of nitrogens with zero attached hydrogens (tertiary/aromatic N) is 1. The summed E-state index contributed by atoms with van der Waals surface area (Å²) in [6.45, 7) is 6.27. The van der Waals surface area contributed by atoms with Gasteiger partial charge in [0.1, 0.15) is 5.75 Å². The monoisotopic (exact) mass is 255 g/mol. The summed E-state index contributed by atoms with van der Waals surface area (Å²) in [6, 6.07) is 10.9. The van der Waals surface area contributed by atoms with E-state index in [2.05, 4.69) is 4.98 Å². The van der Waals surface area contributed by atoms with Crippen LogP contribution in [-0.2, 0) is 0 Å². The third-order valence-corrected chi connectivity index (χ3v) is 2.88. The van der Waals surface area contributed by atoms with Crippen molar-refractivity contribution < 1.29 is 9.53 Å². The van der Waals surface area contributed by atoms with Gasteiger partial charge >= 0.3 is 0 Å². The SMILES string of the molecule is CCOc1cccc(C(=O)c2ccc(C)nc2C)c1. The third-order valence-electron chi connectivity index (χ3n) is 2.88. The number of ether oxygens (including phenoxy) is 1. The summed E-state index contributed by atoms with van der Waals surface area (Å²) in [5, 5.41) is 0. The van der Waals surface area contributed by atoms with E-state index in [0.29, 0.717) is 23.5 Å². The Kier molecular flexibility index (Phi) is 3.95. The van der Waals surface area contributed by atoms with E-state index < -0.39 is 0 Å². The van der Waals surface area contributed by atoms with E-state index in [1.165, 1.54) is 0 Å². The van der Waals surface area contributed by atoms with Crippen molar-refractivity contribution in [2.45, 2.75) is 20.8 Å². The molecular weight excluding hydrogens is 238 g/mol. The van der Waals surface area contributed by atoms with Gasteiger partial charge in [-0.15, -0.1) is 0 Å². The predicted molar refractivity (Wildman–Crippen MR) is 74.8 cm³/mol. The molecule has 0 spiro atoms. The zero-order valence-electron chi connectivity index (χ0n) is 11.4. The highest BCUT2D eigenvalue weighted by atomic mass is 16.5. The summed E-state index contributed by atoms with van der Waals surface area (Å²) < 4.78 is 5.41. The minimum absolute atomic E-state index is 0.0217. The van der Waals surface area contributed by atoms with Crippen molar-refractivity contribution in [1.29, 1.82) is 0 Å². The van der Waals surface area contributed by atoms with E-state index in [-0.39, 0.29) is 5.78 Å². The minimum Gasteiger partial charge on any atom is -0.494 e. The largest absolute Gasteiger partial charge is 0.494 e. The first-order chi connectivity index (χ1) is 9.11. The lowest BCUT2D eigenvalue weighted by Crippen LogP contribution is -2.06. The Bertz CT molecular complexity index is 605. The highest BCUT2D eigenvalue weighted by Gasteiger charge is 2.13. The van der Waals surface area contributed by atoms with Gasteiger partial charge in [-0.3, -0.25) is 9.78 Å². The highest BCUT2D eigenvalue weighted by Crippen LogP contribution is 2.18. The molecule has 0 fully saturated rings. The number of hydrogen-bond donors (Lipinski definition) is 0. The zero-order valence-corrected chi connectivity index (χ0v) is 11.4. The van der Waals surface area contributed by atoms with Crippen LogP contribution in [-0.4, -0.2) is 17.4 Å². The van der Waals surface area contributed by atoms with Gasteiger partial charge in [0, 0.05) is 22.5 Å². The topological polar surface area (TPSA) is 39.2 Å². The van der Waals surface area contributed by atoms with Crippen LogP contribution in [0.2, 0.25) is 0 Å². The minimum atomic E-state index is -0.0217. The molecule has 98 valence electrons. The van der Waals surface area contributed by atoms with Crippen LogP contribution in [0.1, 0.15) is 34.2 Å². The molecule has 0 radical (unpaired) electrons. The van der Waals surface area contributed by atoms with Crippen molar-refractivity contribution >= 4 is 5.78 Å².